The minimum atomic E-state index is -1.07. The molecule has 1 rings (SSSR count). The van der Waals surface area contributed by atoms with Crippen LogP contribution >= 0.6 is 0 Å². The molecule has 96 valence electrons. The molecule has 0 unspecified atom stereocenters. The van der Waals surface area contributed by atoms with Gasteiger partial charge in [-0.3, -0.25) is 15.1 Å². The fourth-order valence-corrected chi connectivity index (χ4v) is 1.05. The Hall–Kier alpha value is -2.44. The first-order valence-electron chi connectivity index (χ1n) is 5.18. The molecule has 0 aliphatic heterocycles. The van der Waals surface area contributed by atoms with E-state index < -0.39 is 24.0 Å². The fraction of sp³-hybridized carbons (Fsp3) is 0.273. The molecule has 1 aromatic rings. The Morgan fingerprint density at radius 3 is 2.44 bits per heavy atom. The van der Waals surface area contributed by atoms with Gasteiger partial charge in [-0.25, -0.2) is 9.59 Å². The van der Waals surface area contributed by atoms with Gasteiger partial charge >= 0.3 is 12.0 Å². The zero-order valence-electron chi connectivity index (χ0n) is 9.97. The summed E-state index contributed by atoms with van der Waals surface area (Å²) in [4.78, 5) is 37.6. The molecule has 0 fully saturated rings. The Labute approximate surface area is 104 Å². The van der Waals surface area contributed by atoms with Crippen LogP contribution in [0.25, 0.3) is 0 Å². The van der Waals surface area contributed by atoms with Crippen LogP contribution in [-0.2, 0) is 9.53 Å². The Bertz CT molecular complexity index is 447. The molecule has 0 aliphatic rings. The van der Waals surface area contributed by atoms with Crippen LogP contribution in [0.3, 0.4) is 0 Å². The lowest BCUT2D eigenvalue weighted by atomic mass is 10.3. The molecule has 0 saturated heterocycles. The van der Waals surface area contributed by atoms with E-state index in [-0.39, 0.29) is 5.56 Å². The number of hydrogen-bond donors (Lipinski definition) is 2. The van der Waals surface area contributed by atoms with Crippen LogP contribution in [0.2, 0.25) is 0 Å². The Kier molecular flexibility index (Phi) is 4.79. The van der Waals surface area contributed by atoms with E-state index in [0.717, 1.165) is 0 Å². The van der Waals surface area contributed by atoms with Gasteiger partial charge in [-0.05, 0) is 19.1 Å². The van der Waals surface area contributed by atoms with Gasteiger partial charge in [0.05, 0.1) is 5.56 Å². The van der Waals surface area contributed by atoms with E-state index in [2.05, 4.69) is 10.3 Å². The van der Waals surface area contributed by atoms with Crippen LogP contribution in [0.15, 0.2) is 24.5 Å². The van der Waals surface area contributed by atoms with Crippen molar-refractivity contribution in [2.24, 2.45) is 0 Å². The van der Waals surface area contributed by atoms with E-state index in [1.807, 2.05) is 5.32 Å². The number of nitrogens with one attached hydrogen (secondary N) is 2. The molecule has 0 aliphatic carbocycles. The summed E-state index contributed by atoms with van der Waals surface area (Å²) >= 11 is 0. The maximum atomic E-state index is 11.6. The van der Waals surface area contributed by atoms with Crippen molar-refractivity contribution in [2.45, 2.75) is 13.0 Å². The lowest BCUT2D eigenvalue weighted by Crippen LogP contribution is -2.43. The van der Waals surface area contributed by atoms with Crippen molar-refractivity contribution in [3.8, 4) is 0 Å². The quantitative estimate of drug-likeness (QED) is 0.741. The standard InChI is InChI=1S/C11H13N3O4/c1-7(9(15)14-11(17)12-2)18-10(16)8-3-5-13-6-4-8/h3-7H,1-2H3,(H2,12,14,15,17)/t7-/m1/s1. The van der Waals surface area contributed by atoms with Gasteiger partial charge in [0.1, 0.15) is 0 Å². The number of rotatable bonds is 3. The molecular weight excluding hydrogens is 238 g/mol. The molecule has 2 N–H and O–H groups in total. The lowest BCUT2D eigenvalue weighted by molar-refractivity contribution is -0.127. The third-order valence-electron chi connectivity index (χ3n) is 2.03. The molecule has 0 bridgehead atoms. The Morgan fingerprint density at radius 1 is 1.28 bits per heavy atom. The molecule has 0 spiro atoms. The number of hydrogen-bond acceptors (Lipinski definition) is 5. The average molecular weight is 251 g/mol. The molecule has 0 radical (unpaired) electrons. The SMILES string of the molecule is CNC(=O)NC(=O)[C@@H](C)OC(=O)c1ccncc1. The zero-order chi connectivity index (χ0) is 13.5. The first-order valence-corrected chi connectivity index (χ1v) is 5.18. The molecule has 1 aromatic heterocycles. The van der Waals surface area contributed by atoms with Crippen molar-refractivity contribution < 1.29 is 19.1 Å². The van der Waals surface area contributed by atoms with Gasteiger partial charge in [-0.15, -0.1) is 0 Å². The van der Waals surface area contributed by atoms with E-state index in [1.54, 1.807) is 0 Å². The maximum Gasteiger partial charge on any atom is 0.339 e. The molecule has 1 atom stereocenters. The minimum absolute atomic E-state index is 0.282. The highest BCUT2D eigenvalue weighted by molar-refractivity contribution is 5.98. The second-order valence-electron chi connectivity index (χ2n) is 3.35. The van der Waals surface area contributed by atoms with Crippen LogP contribution < -0.4 is 10.6 Å². The van der Waals surface area contributed by atoms with Crippen LogP contribution in [0.5, 0.6) is 0 Å². The summed E-state index contributed by atoms with van der Waals surface area (Å²) in [7, 11) is 1.37. The number of urea groups is 1. The highest BCUT2D eigenvalue weighted by Crippen LogP contribution is 2.02. The second-order valence-corrected chi connectivity index (χ2v) is 3.35. The smallest absolute Gasteiger partial charge is 0.339 e. The average Bonchev–Trinajstić information content (AvgIpc) is 2.39. The number of ether oxygens (including phenoxy) is 1. The summed E-state index contributed by atoms with van der Waals surface area (Å²) in [6.07, 6.45) is 1.81. The van der Waals surface area contributed by atoms with Gasteiger partial charge < -0.3 is 10.1 Å². The third-order valence-corrected chi connectivity index (χ3v) is 2.03. The van der Waals surface area contributed by atoms with Crippen molar-refractivity contribution in [1.82, 2.24) is 15.6 Å². The highest BCUT2D eigenvalue weighted by Gasteiger charge is 2.20. The molecule has 18 heavy (non-hydrogen) atoms. The van der Waals surface area contributed by atoms with Gasteiger partial charge in [-0.2, -0.15) is 0 Å². The highest BCUT2D eigenvalue weighted by atomic mass is 16.5. The summed E-state index contributed by atoms with van der Waals surface area (Å²) in [5, 5.41) is 4.22. The van der Waals surface area contributed by atoms with E-state index in [9.17, 15) is 14.4 Å². The topological polar surface area (TPSA) is 97.4 Å². The molecule has 3 amide bonds. The summed E-state index contributed by atoms with van der Waals surface area (Å²) < 4.78 is 4.88. The molecule has 0 aromatic carbocycles. The number of imide groups is 1. The van der Waals surface area contributed by atoms with Crippen molar-refractivity contribution in [3.63, 3.8) is 0 Å². The van der Waals surface area contributed by atoms with E-state index in [4.69, 9.17) is 4.74 Å². The molecule has 1 heterocycles. The largest absolute Gasteiger partial charge is 0.449 e. The normalized spacial score (nSPS) is 11.2. The molecule has 0 saturated carbocycles. The maximum absolute atomic E-state index is 11.6. The number of aromatic nitrogens is 1. The predicted octanol–water partition coefficient (Wildman–Crippen LogP) is 0.0825. The number of nitrogens with zero attached hydrogens (tertiary/aromatic N) is 1. The van der Waals surface area contributed by atoms with Gasteiger partial charge in [0.25, 0.3) is 5.91 Å². The Balaban J connectivity index is 2.55. The predicted molar refractivity (Wildman–Crippen MR) is 61.7 cm³/mol. The summed E-state index contributed by atoms with van der Waals surface area (Å²) in [5.41, 5.74) is 0.282. The van der Waals surface area contributed by atoms with Crippen LogP contribution in [0.1, 0.15) is 17.3 Å². The van der Waals surface area contributed by atoms with Gasteiger partial charge in [0.2, 0.25) is 0 Å². The van der Waals surface area contributed by atoms with Gasteiger partial charge in [-0.1, -0.05) is 0 Å². The van der Waals surface area contributed by atoms with Gasteiger partial charge in [0, 0.05) is 19.4 Å². The monoisotopic (exact) mass is 251 g/mol. The van der Waals surface area contributed by atoms with Gasteiger partial charge in [0.15, 0.2) is 6.10 Å². The van der Waals surface area contributed by atoms with Crippen LogP contribution in [0, 0.1) is 0 Å². The zero-order valence-corrected chi connectivity index (χ0v) is 9.97. The summed E-state index contributed by atoms with van der Waals surface area (Å²) in [6, 6.07) is 2.27. The first kappa shape index (κ1) is 13.6. The van der Waals surface area contributed by atoms with Crippen molar-refractivity contribution in [1.29, 1.82) is 0 Å². The van der Waals surface area contributed by atoms with E-state index in [1.165, 1.54) is 38.5 Å². The van der Waals surface area contributed by atoms with Crippen molar-refractivity contribution >= 4 is 17.9 Å². The number of carbonyl (C=O) groups is 3. The van der Waals surface area contributed by atoms with Crippen LogP contribution in [-0.4, -0.2) is 36.0 Å². The molecule has 7 nitrogen and oxygen atoms in total. The second kappa shape index (κ2) is 6.33. The number of esters is 1. The van der Waals surface area contributed by atoms with Crippen molar-refractivity contribution in [3.05, 3.63) is 30.1 Å². The fourth-order valence-electron chi connectivity index (χ4n) is 1.05. The summed E-state index contributed by atoms with van der Waals surface area (Å²) in [5.74, 6) is -1.35. The van der Waals surface area contributed by atoms with Crippen molar-refractivity contribution in [2.75, 3.05) is 7.05 Å². The number of amides is 3. The number of carbonyl (C=O) groups excluding carboxylic acids is 3. The first-order chi connectivity index (χ1) is 8.54. The Morgan fingerprint density at radius 2 is 1.89 bits per heavy atom. The lowest BCUT2D eigenvalue weighted by Gasteiger charge is -2.12. The summed E-state index contributed by atoms with van der Waals surface area (Å²) in [6.45, 7) is 1.37. The van der Waals surface area contributed by atoms with E-state index >= 15 is 0 Å². The minimum Gasteiger partial charge on any atom is -0.449 e. The van der Waals surface area contributed by atoms with E-state index in [0.29, 0.717) is 0 Å². The molecule has 7 heteroatoms. The number of pyridine rings is 1. The van der Waals surface area contributed by atoms with Crippen LogP contribution in [0.4, 0.5) is 4.79 Å². The molecular formula is C11H13N3O4. The third kappa shape index (κ3) is 3.85.